The van der Waals surface area contributed by atoms with Gasteiger partial charge in [-0.3, -0.25) is 10.2 Å². The van der Waals surface area contributed by atoms with E-state index in [1.54, 1.807) is 18.2 Å². The van der Waals surface area contributed by atoms with Gasteiger partial charge in [-0.1, -0.05) is 12.1 Å². The van der Waals surface area contributed by atoms with E-state index in [4.69, 9.17) is 20.3 Å². The molecule has 0 saturated carbocycles. The number of carbonyl (C=O) groups excluding carboxylic acids is 1. The molecule has 1 aromatic heterocycles. The van der Waals surface area contributed by atoms with Crippen molar-refractivity contribution in [2.24, 2.45) is 5.84 Å². The molecule has 0 aliphatic rings. The number of nitrogens with zero attached hydrogens (tertiary/aromatic N) is 1. The molecule has 0 spiro atoms. The lowest BCUT2D eigenvalue weighted by atomic mass is 10.2. The average Bonchev–Trinajstić information content (AvgIpc) is 2.95. The Balaban J connectivity index is 1.93. The third-order valence-corrected chi connectivity index (χ3v) is 2.60. The van der Waals surface area contributed by atoms with Gasteiger partial charge in [-0.05, 0) is 29.8 Å². The lowest BCUT2D eigenvalue weighted by Gasteiger charge is -2.04. The van der Waals surface area contributed by atoms with E-state index < -0.39 is 5.91 Å². The number of nitriles is 1. The Labute approximate surface area is 115 Å². The Bertz CT molecular complexity index is 626. The van der Waals surface area contributed by atoms with Crippen LogP contribution in [0.2, 0.25) is 0 Å². The molecule has 0 radical (unpaired) electrons. The molecular weight excluding hydrogens is 258 g/mol. The summed E-state index contributed by atoms with van der Waals surface area (Å²) in [7, 11) is 0. The molecule has 0 aliphatic carbocycles. The van der Waals surface area contributed by atoms with Crippen molar-refractivity contribution in [1.29, 1.82) is 5.26 Å². The zero-order valence-corrected chi connectivity index (χ0v) is 10.6. The summed E-state index contributed by atoms with van der Waals surface area (Å²) in [5.41, 5.74) is 2.92. The summed E-state index contributed by atoms with van der Waals surface area (Å²) in [6, 6.07) is 12.5. The van der Waals surface area contributed by atoms with E-state index in [-0.39, 0.29) is 12.4 Å². The van der Waals surface area contributed by atoms with Gasteiger partial charge in [-0.2, -0.15) is 5.26 Å². The van der Waals surface area contributed by atoms with Crippen molar-refractivity contribution in [2.45, 2.75) is 13.0 Å². The molecule has 3 N–H and O–H groups in total. The summed E-state index contributed by atoms with van der Waals surface area (Å²) in [5.74, 6) is 5.83. The molecule has 0 atom stereocenters. The molecule has 0 saturated heterocycles. The van der Waals surface area contributed by atoms with Crippen LogP contribution >= 0.6 is 0 Å². The molecule has 1 aromatic carbocycles. The molecule has 2 rings (SSSR count). The van der Waals surface area contributed by atoms with Crippen LogP contribution in [0.3, 0.4) is 0 Å². The number of carbonyl (C=O) groups is 1. The fourth-order valence-corrected chi connectivity index (χ4v) is 1.60. The van der Waals surface area contributed by atoms with Gasteiger partial charge in [-0.15, -0.1) is 0 Å². The molecule has 6 nitrogen and oxygen atoms in total. The molecule has 0 fully saturated rings. The van der Waals surface area contributed by atoms with Crippen LogP contribution in [0.15, 0.2) is 40.8 Å². The maximum atomic E-state index is 11.2. The van der Waals surface area contributed by atoms with Crippen molar-refractivity contribution < 1.29 is 13.9 Å². The van der Waals surface area contributed by atoms with E-state index in [1.807, 2.05) is 17.6 Å². The van der Waals surface area contributed by atoms with Crippen molar-refractivity contribution in [3.05, 3.63) is 53.5 Å². The molecule has 1 amide bonds. The van der Waals surface area contributed by atoms with Gasteiger partial charge in [0.2, 0.25) is 0 Å². The summed E-state index contributed by atoms with van der Waals surface area (Å²) in [6.45, 7) is 0.204. The minimum atomic E-state index is -0.489. The second-order valence-electron chi connectivity index (χ2n) is 4.01. The van der Waals surface area contributed by atoms with E-state index in [0.29, 0.717) is 17.9 Å². The molecule has 20 heavy (non-hydrogen) atoms. The number of rotatable bonds is 5. The van der Waals surface area contributed by atoms with Gasteiger partial charge in [0.05, 0.1) is 12.5 Å². The summed E-state index contributed by atoms with van der Waals surface area (Å²) < 4.78 is 10.8. The van der Waals surface area contributed by atoms with Gasteiger partial charge in [-0.25, -0.2) is 5.84 Å². The molecule has 0 bridgehead atoms. The Hall–Kier alpha value is -2.78. The second kappa shape index (κ2) is 6.41. The van der Waals surface area contributed by atoms with Crippen LogP contribution in [0, 0.1) is 11.3 Å². The van der Waals surface area contributed by atoms with Crippen LogP contribution < -0.4 is 16.0 Å². The van der Waals surface area contributed by atoms with Gasteiger partial charge in [0.15, 0.2) is 5.76 Å². The van der Waals surface area contributed by atoms with E-state index in [0.717, 1.165) is 5.56 Å². The minimum absolute atomic E-state index is 0.135. The first-order valence-electron chi connectivity index (χ1n) is 5.91. The average molecular weight is 271 g/mol. The number of benzene rings is 1. The minimum Gasteiger partial charge on any atom is -0.486 e. The molecule has 6 heteroatoms. The highest BCUT2D eigenvalue weighted by molar-refractivity contribution is 5.90. The number of hydrogen-bond acceptors (Lipinski definition) is 5. The molecular formula is C14H13N3O3. The predicted octanol–water partition coefficient (Wildman–Crippen LogP) is 1.53. The zero-order valence-electron chi connectivity index (χ0n) is 10.6. The monoisotopic (exact) mass is 271 g/mol. The maximum absolute atomic E-state index is 11.2. The predicted molar refractivity (Wildman–Crippen MR) is 70.5 cm³/mol. The molecule has 2 aromatic rings. The topological polar surface area (TPSA) is 101 Å². The third-order valence-electron chi connectivity index (χ3n) is 2.60. The Kier molecular flexibility index (Phi) is 4.37. The van der Waals surface area contributed by atoms with E-state index in [1.165, 1.54) is 6.07 Å². The van der Waals surface area contributed by atoms with Gasteiger partial charge < -0.3 is 9.15 Å². The zero-order chi connectivity index (χ0) is 14.4. The van der Waals surface area contributed by atoms with Crippen LogP contribution in [0.25, 0.3) is 0 Å². The van der Waals surface area contributed by atoms with Crippen LogP contribution in [-0.4, -0.2) is 5.91 Å². The molecule has 0 aliphatic heterocycles. The van der Waals surface area contributed by atoms with E-state index in [9.17, 15) is 4.79 Å². The van der Waals surface area contributed by atoms with Crippen LogP contribution in [-0.2, 0) is 13.0 Å². The lowest BCUT2D eigenvalue weighted by molar-refractivity contribution is 0.0922. The molecule has 1 heterocycles. The number of amides is 1. The fourth-order valence-electron chi connectivity index (χ4n) is 1.60. The van der Waals surface area contributed by atoms with Gasteiger partial charge in [0.1, 0.15) is 18.1 Å². The van der Waals surface area contributed by atoms with E-state index in [2.05, 4.69) is 6.07 Å². The van der Waals surface area contributed by atoms with Crippen LogP contribution in [0.1, 0.15) is 21.9 Å². The largest absolute Gasteiger partial charge is 0.486 e. The number of hydrogen-bond donors (Lipinski definition) is 2. The van der Waals surface area contributed by atoms with Crippen molar-refractivity contribution in [1.82, 2.24) is 5.43 Å². The summed E-state index contributed by atoms with van der Waals surface area (Å²) in [5, 5.41) is 8.57. The van der Waals surface area contributed by atoms with Crippen molar-refractivity contribution >= 4 is 5.91 Å². The smallest absolute Gasteiger partial charge is 0.300 e. The number of nitrogen functional groups attached to an aromatic ring is 1. The number of hydrazine groups is 1. The molecule has 0 unspecified atom stereocenters. The first-order valence-corrected chi connectivity index (χ1v) is 5.91. The number of nitrogens with one attached hydrogen (secondary N) is 1. The fraction of sp³-hybridized carbons (Fsp3) is 0.143. The first-order chi connectivity index (χ1) is 9.72. The van der Waals surface area contributed by atoms with Gasteiger partial charge in [0.25, 0.3) is 0 Å². The Morgan fingerprint density at radius 3 is 2.70 bits per heavy atom. The van der Waals surface area contributed by atoms with Crippen molar-refractivity contribution in [2.75, 3.05) is 0 Å². The normalized spacial score (nSPS) is 9.80. The highest BCUT2D eigenvalue weighted by Gasteiger charge is 2.09. The summed E-state index contributed by atoms with van der Waals surface area (Å²) in [6.07, 6.45) is 0.371. The van der Waals surface area contributed by atoms with Crippen LogP contribution in [0.5, 0.6) is 5.75 Å². The van der Waals surface area contributed by atoms with Crippen LogP contribution in [0.4, 0.5) is 0 Å². The quantitative estimate of drug-likeness (QED) is 0.488. The third kappa shape index (κ3) is 3.37. The maximum Gasteiger partial charge on any atom is 0.300 e. The number of nitrogens with two attached hydrogens (primary N) is 1. The van der Waals surface area contributed by atoms with Gasteiger partial charge >= 0.3 is 5.91 Å². The SMILES string of the molecule is N#CCc1ccc(OCc2ccc(C(=O)NN)o2)cc1. The Morgan fingerprint density at radius 2 is 2.05 bits per heavy atom. The van der Waals surface area contributed by atoms with Gasteiger partial charge in [0, 0.05) is 0 Å². The summed E-state index contributed by atoms with van der Waals surface area (Å²) in [4.78, 5) is 11.2. The molecule has 102 valence electrons. The Morgan fingerprint density at radius 1 is 1.30 bits per heavy atom. The number of ether oxygens (including phenoxy) is 1. The second-order valence-corrected chi connectivity index (χ2v) is 4.01. The summed E-state index contributed by atoms with van der Waals surface area (Å²) >= 11 is 0. The standard InChI is InChI=1S/C14H13N3O3/c15-8-7-10-1-3-11(4-2-10)19-9-12-5-6-13(20-12)14(18)17-16/h1-6H,7,9,16H2,(H,17,18). The lowest BCUT2D eigenvalue weighted by Crippen LogP contribution is -2.29. The van der Waals surface area contributed by atoms with E-state index >= 15 is 0 Å². The van der Waals surface area contributed by atoms with Crippen molar-refractivity contribution in [3.8, 4) is 11.8 Å². The number of furan rings is 1. The highest BCUT2D eigenvalue weighted by atomic mass is 16.5. The first kappa shape index (κ1) is 13.6. The highest BCUT2D eigenvalue weighted by Crippen LogP contribution is 2.15. The van der Waals surface area contributed by atoms with Crippen molar-refractivity contribution in [3.63, 3.8) is 0 Å².